The Hall–Kier alpha value is -1.65. The third-order valence-corrected chi connectivity index (χ3v) is 3.73. The van der Waals surface area contributed by atoms with Gasteiger partial charge in [0.25, 0.3) is 0 Å². The molecule has 1 saturated heterocycles. The first kappa shape index (κ1) is 12.4. The molecule has 1 aliphatic heterocycles. The van der Waals surface area contributed by atoms with Crippen LogP contribution in [0.25, 0.3) is 10.9 Å². The van der Waals surface area contributed by atoms with Crippen molar-refractivity contribution in [3.63, 3.8) is 0 Å². The van der Waals surface area contributed by atoms with Crippen LogP contribution in [0.5, 0.6) is 0 Å². The molecule has 0 atom stereocenters. The molecule has 98 valence electrons. The van der Waals surface area contributed by atoms with E-state index in [2.05, 4.69) is 15.6 Å². The Labute approximate surface area is 116 Å². The SMILES string of the molecule is Cc1cc(Cl)c(NC(=O)C2CNC2)c2cccnc12. The zero-order valence-corrected chi connectivity index (χ0v) is 11.3. The standard InChI is InChI=1S/C14H14ClN3O/c1-8-5-11(15)13(10-3-2-4-17-12(8)10)18-14(19)9-6-16-7-9/h2-5,9,16H,6-7H2,1H3,(H,18,19). The van der Waals surface area contributed by atoms with Gasteiger partial charge >= 0.3 is 0 Å². The summed E-state index contributed by atoms with van der Waals surface area (Å²) in [7, 11) is 0. The molecular weight excluding hydrogens is 262 g/mol. The average molecular weight is 276 g/mol. The minimum Gasteiger partial charge on any atom is -0.324 e. The Morgan fingerprint density at radius 3 is 3.00 bits per heavy atom. The summed E-state index contributed by atoms with van der Waals surface area (Å²) < 4.78 is 0. The summed E-state index contributed by atoms with van der Waals surface area (Å²) in [6.07, 6.45) is 1.74. The number of amides is 1. The Balaban J connectivity index is 2.04. The number of aromatic nitrogens is 1. The molecule has 19 heavy (non-hydrogen) atoms. The molecular formula is C14H14ClN3O. The van der Waals surface area contributed by atoms with Crippen molar-refractivity contribution in [2.75, 3.05) is 18.4 Å². The maximum absolute atomic E-state index is 12.0. The van der Waals surface area contributed by atoms with E-state index in [1.54, 1.807) is 6.20 Å². The van der Waals surface area contributed by atoms with Crippen LogP contribution in [-0.4, -0.2) is 24.0 Å². The first-order valence-corrected chi connectivity index (χ1v) is 6.60. The quantitative estimate of drug-likeness (QED) is 0.885. The highest BCUT2D eigenvalue weighted by Crippen LogP contribution is 2.33. The number of hydrogen-bond donors (Lipinski definition) is 2. The summed E-state index contributed by atoms with van der Waals surface area (Å²) in [6.45, 7) is 3.42. The number of nitrogens with zero attached hydrogens (tertiary/aromatic N) is 1. The normalized spacial score (nSPS) is 15.3. The van der Waals surface area contributed by atoms with Gasteiger partial charge < -0.3 is 10.6 Å². The predicted molar refractivity (Wildman–Crippen MR) is 76.5 cm³/mol. The second-order valence-electron chi connectivity index (χ2n) is 4.79. The first-order chi connectivity index (χ1) is 9.16. The van der Waals surface area contributed by atoms with Gasteiger partial charge in [0.05, 0.1) is 22.1 Å². The van der Waals surface area contributed by atoms with E-state index in [-0.39, 0.29) is 11.8 Å². The van der Waals surface area contributed by atoms with Crippen molar-refractivity contribution < 1.29 is 4.79 Å². The molecule has 1 aliphatic rings. The minimum absolute atomic E-state index is 0.00894. The molecule has 2 heterocycles. The number of carbonyl (C=O) groups is 1. The van der Waals surface area contributed by atoms with Crippen LogP contribution in [0.2, 0.25) is 5.02 Å². The lowest BCUT2D eigenvalue weighted by molar-refractivity contribution is -0.121. The van der Waals surface area contributed by atoms with Crippen molar-refractivity contribution in [1.82, 2.24) is 10.3 Å². The first-order valence-electron chi connectivity index (χ1n) is 6.22. The van der Waals surface area contributed by atoms with Crippen LogP contribution in [0.15, 0.2) is 24.4 Å². The number of carbonyl (C=O) groups excluding carboxylic acids is 1. The largest absolute Gasteiger partial charge is 0.324 e. The number of halogens is 1. The number of nitrogens with one attached hydrogen (secondary N) is 2. The van der Waals surface area contributed by atoms with E-state index < -0.39 is 0 Å². The summed E-state index contributed by atoms with van der Waals surface area (Å²) in [5, 5.41) is 7.45. The van der Waals surface area contributed by atoms with Gasteiger partial charge in [-0.1, -0.05) is 11.6 Å². The van der Waals surface area contributed by atoms with Crippen LogP contribution in [-0.2, 0) is 4.79 Å². The Morgan fingerprint density at radius 1 is 1.53 bits per heavy atom. The van der Waals surface area contributed by atoms with Crippen LogP contribution in [0.1, 0.15) is 5.56 Å². The number of benzene rings is 1. The highest BCUT2D eigenvalue weighted by molar-refractivity contribution is 6.35. The van der Waals surface area contributed by atoms with E-state index in [0.29, 0.717) is 10.7 Å². The van der Waals surface area contributed by atoms with Crippen molar-refractivity contribution in [3.05, 3.63) is 35.0 Å². The fourth-order valence-corrected chi connectivity index (χ4v) is 2.52. The summed E-state index contributed by atoms with van der Waals surface area (Å²) in [5.41, 5.74) is 2.53. The van der Waals surface area contributed by atoms with E-state index in [1.165, 1.54) is 0 Å². The minimum atomic E-state index is 0.00894. The van der Waals surface area contributed by atoms with Gasteiger partial charge in [0.1, 0.15) is 0 Å². The second kappa shape index (κ2) is 4.79. The highest BCUT2D eigenvalue weighted by Gasteiger charge is 2.25. The molecule has 2 N–H and O–H groups in total. The lowest BCUT2D eigenvalue weighted by Crippen LogP contribution is -2.48. The molecule has 1 amide bonds. The van der Waals surface area contributed by atoms with Gasteiger partial charge in [-0.15, -0.1) is 0 Å². The molecule has 3 rings (SSSR count). The second-order valence-corrected chi connectivity index (χ2v) is 5.20. The van der Waals surface area contributed by atoms with Gasteiger partial charge in [-0.2, -0.15) is 0 Å². The maximum Gasteiger partial charge on any atom is 0.230 e. The number of pyridine rings is 1. The van der Waals surface area contributed by atoms with E-state index >= 15 is 0 Å². The third kappa shape index (κ3) is 2.17. The molecule has 2 aromatic rings. The van der Waals surface area contributed by atoms with Crippen molar-refractivity contribution >= 4 is 34.1 Å². The Bertz CT molecular complexity index is 652. The molecule has 5 heteroatoms. The molecule has 0 spiro atoms. The van der Waals surface area contributed by atoms with Crippen LogP contribution in [0.3, 0.4) is 0 Å². The maximum atomic E-state index is 12.0. The zero-order valence-electron chi connectivity index (χ0n) is 10.5. The van der Waals surface area contributed by atoms with Crippen molar-refractivity contribution in [3.8, 4) is 0 Å². The van der Waals surface area contributed by atoms with Gasteiger partial charge in [0.2, 0.25) is 5.91 Å². The fraction of sp³-hybridized carbons (Fsp3) is 0.286. The van der Waals surface area contributed by atoms with Crippen LogP contribution < -0.4 is 10.6 Å². The summed E-state index contributed by atoms with van der Waals surface area (Å²) in [6, 6.07) is 5.61. The molecule has 0 radical (unpaired) electrons. The van der Waals surface area contributed by atoms with Gasteiger partial charge in [-0.25, -0.2) is 0 Å². The van der Waals surface area contributed by atoms with Crippen LogP contribution >= 0.6 is 11.6 Å². The zero-order chi connectivity index (χ0) is 13.4. The van der Waals surface area contributed by atoms with E-state index in [4.69, 9.17) is 11.6 Å². The van der Waals surface area contributed by atoms with Crippen molar-refractivity contribution in [1.29, 1.82) is 0 Å². The third-order valence-electron chi connectivity index (χ3n) is 3.43. The Morgan fingerprint density at radius 2 is 2.32 bits per heavy atom. The molecule has 1 fully saturated rings. The molecule has 0 bridgehead atoms. The lowest BCUT2D eigenvalue weighted by atomic mass is 10.0. The number of aryl methyl sites for hydroxylation is 1. The van der Waals surface area contributed by atoms with Crippen molar-refractivity contribution in [2.24, 2.45) is 5.92 Å². The van der Waals surface area contributed by atoms with Gasteiger partial charge in [0, 0.05) is 24.7 Å². The van der Waals surface area contributed by atoms with E-state index in [1.807, 2.05) is 25.1 Å². The predicted octanol–water partition coefficient (Wildman–Crippen LogP) is 2.35. The highest BCUT2D eigenvalue weighted by atomic mass is 35.5. The van der Waals surface area contributed by atoms with Crippen LogP contribution in [0, 0.1) is 12.8 Å². The summed E-state index contributed by atoms with van der Waals surface area (Å²) in [5.74, 6) is 0.0405. The van der Waals surface area contributed by atoms with Crippen LogP contribution in [0.4, 0.5) is 5.69 Å². The van der Waals surface area contributed by atoms with E-state index in [0.717, 1.165) is 29.6 Å². The lowest BCUT2D eigenvalue weighted by Gasteiger charge is -2.26. The number of hydrogen-bond acceptors (Lipinski definition) is 3. The number of anilines is 1. The molecule has 1 aromatic carbocycles. The molecule has 0 aliphatic carbocycles. The molecule has 0 saturated carbocycles. The Kier molecular flexibility index (Phi) is 3.12. The average Bonchev–Trinajstić information content (AvgIpc) is 2.32. The summed E-state index contributed by atoms with van der Waals surface area (Å²) >= 11 is 6.26. The monoisotopic (exact) mass is 275 g/mol. The molecule has 4 nitrogen and oxygen atoms in total. The number of fused-ring (bicyclic) bond motifs is 1. The van der Waals surface area contributed by atoms with E-state index in [9.17, 15) is 4.79 Å². The summed E-state index contributed by atoms with van der Waals surface area (Å²) in [4.78, 5) is 16.4. The topological polar surface area (TPSA) is 54.0 Å². The van der Waals surface area contributed by atoms with Gasteiger partial charge in [0.15, 0.2) is 0 Å². The molecule has 0 unspecified atom stereocenters. The fourth-order valence-electron chi connectivity index (χ4n) is 2.21. The van der Waals surface area contributed by atoms with Gasteiger partial charge in [-0.3, -0.25) is 9.78 Å². The van der Waals surface area contributed by atoms with Crippen molar-refractivity contribution in [2.45, 2.75) is 6.92 Å². The number of rotatable bonds is 2. The van der Waals surface area contributed by atoms with Gasteiger partial charge in [-0.05, 0) is 30.7 Å². The smallest absolute Gasteiger partial charge is 0.230 e. The molecule has 1 aromatic heterocycles.